The van der Waals surface area contributed by atoms with E-state index in [1.165, 1.54) is 18.5 Å². The largest absolute Gasteiger partial charge is 0.393 e. The Kier molecular flexibility index (Phi) is 6.71. The Morgan fingerprint density at radius 1 is 1.35 bits per heavy atom. The van der Waals surface area contributed by atoms with Crippen molar-refractivity contribution < 1.29 is 9.90 Å². The van der Waals surface area contributed by atoms with Crippen LogP contribution in [0, 0.1) is 5.92 Å². The molecule has 0 aliphatic carbocycles. The summed E-state index contributed by atoms with van der Waals surface area (Å²) in [5.41, 5.74) is 1.86. The number of urea groups is 1. The highest BCUT2D eigenvalue weighted by Gasteiger charge is 2.16. The highest BCUT2D eigenvalue weighted by atomic mass is 16.3. The summed E-state index contributed by atoms with van der Waals surface area (Å²) in [6.07, 6.45) is 3.37. The summed E-state index contributed by atoms with van der Waals surface area (Å²) >= 11 is 0. The van der Waals surface area contributed by atoms with Gasteiger partial charge >= 0.3 is 6.03 Å². The molecule has 23 heavy (non-hydrogen) atoms. The lowest BCUT2D eigenvalue weighted by Crippen LogP contribution is -2.32. The molecule has 1 aromatic carbocycles. The first-order valence-electron chi connectivity index (χ1n) is 8.61. The predicted molar refractivity (Wildman–Crippen MR) is 93.2 cm³/mol. The topological polar surface area (TPSA) is 66.7 Å². The van der Waals surface area contributed by atoms with E-state index >= 15 is 0 Å². The van der Waals surface area contributed by atoms with Crippen LogP contribution in [0.15, 0.2) is 24.3 Å². The molecule has 2 rings (SSSR count). The molecule has 1 fully saturated rings. The van der Waals surface area contributed by atoms with Crippen LogP contribution in [0.3, 0.4) is 0 Å². The maximum Gasteiger partial charge on any atom is 0.341 e. The van der Waals surface area contributed by atoms with E-state index in [4.69, 9.17) is 0 Å². The second-order valence-corrected chi connectivity index (χ2v) is 6.38. The molecule has 0 saturated carbocycles. The quantitative estimate of drug-likeness (QED) is 0.847. The highest BCUT2D eigenvalue weighted by molar-refractivity contribution is 5.79. The number of hydrogen-bond acceptors (Lipinski definition) is 3. The Labute approximate surface area is 139 Å². The van der Waals surface area contributed by atoms with Crippen molar-refractivity contribution >= 4 is 17.4 Å². The molecule has 1 atom stereocenters. The van der Waals surface area contributed by atoms with Gasteiger partial charge in [-0.05, 0) is 55.9 Å². The van der Waals surface area contributed by atoms with E-state index in [0.29, 0.717) is 25.1 Å². The van der Waals surface area contributed by atoms with Gasteiger partial charge in [0.2, 0.25) is 0 Å². The Hall–Kier alpha value is -1.75. The molecule has 1 unspecified atom stereocenters. The monoisotopic (exact) mass is 318 g/mol. The van der Waals surface area contributed by atoms with Crippen molar-refractivity contribution in [3.63, 3.8) is 0 Å². The van der Waals surface area contributed by atoms with Gasteiger partial charge in [-0.15, -0.1) is 0 Å². The minimum atomic E-state index is -0.359. The van der Waals surface area contributed by atoms with Crippen molar-refractivity contribution in [3.8, 4) is 0 Å². The second kappa shape index (κ2) is 8.77. The minimum Gasteiger partial charge on any atom is -0.393 e. The molecule has 2 N–H and O–H groups in total. The van der Waals surface area contributed by atoms with E-state index in [0.717, 1.165) is 19.0 Å². The molecule has 1 saturated heterocycles. The van der Waals surface area contributed by atoms with Crippen LogP contribution in [0.5, 0.6) is 0 Å². The summed E-state index contributed by atoms with van der Waals surface area (Å²) in [5, 5.41) is 16.2. The average Bonchev–Trinajstić information content (AvgIpc) is 2.56. The third-order valence-corrected chi connectivity index (χ3v) is 4.45. The third kappa shape index (κ3) is 5.75. The van der Waals surface area contributed by atoms with Crippen LogP contribution in [-0.2, 0) is 0 Å². The summed E-state index contributed by atoms with van der Waals surface area (Å²) in [6.45, 7) is 6.86. The summed E-state index contributed by atoms with van der Waals surface area (Å²) in [4.78, 5) is 14.1. The number of benzene rings is 1. The third-order valence-electron chi connectivity index (χ3n) is 4.45. The fourth-order valence-corrected chi connectivity index (χ4v) is 2.71. The molecule has 1 aliphatic heterocycles. The first-order valence-corrected chi connectivity index (χ1v) is 8.61. The number of nitrogens with zero attached hydrogens (tertiary/aromatic N) is 2. The van der Waals surface area contributed by atoms with Gasteiger partial charge in [0.05, 0.1) is 11.8 Å². The fourth-order valence-electron chi connectivity index (χ4n) is 2.71. The number of amides is 2. The Balaban J connectivity index is 1.77. The molecule has 0 spiro atoms. The van der Waals surface area contributed by atoms with Crippen LogP contribution in [0.25, 0.3) is 0 Å². The number of anilines is 1. The summed E-state index contributed by atoms with van der Waals surface area (Å²) in [7, 11) is 0. The lowest BCUT2D eigenvalue weighted by Gasteiger charge is -2.32. The molecule has 1 radical (unpaired) electrons. The molecular weight excluding hydrogens is 290 g/mol. The van der Waals surface area contributed by atoms with Gasteiger partial charge in [-0.2, -0.15) is 5.32 Å². The van der Waals surface area contributed by atoms with Crippen molar-refractivity contribution in [2.45, 2.75) is 45.6 Å². The van der Waals surface area contributed by atoms with Gasteiger partial charge in [0.25, 0.3) is 0 Å². The number of hydrogen-bond donors (Lipinski definition) is 2. The standard InChI is InChI=1S/C18H28N3O2/c1-3-17(22)8-11-19-18(23)20-15-4-6-16(7-5-15)21-12-9-14(2)10-13-21/h4-7,14,17,22H,3,8-13H2,1-2H3,(H,19,23). The van der Waals surface area contributed by atoms with Crippen molar-refractivity contribution in [2.75, 3.05) is 24.5 Å². The SMILES string of the molecule is CCC(O)CCNC(=O)[N]c1ccc(N2CCC(C)CC2)cc1. The first kappa shape index (κ1) is 17.6. The zero-order valence-electron chi connectivity index (χ0n) is 14.2. The fraction of sp³-hybridized carbons (Fsp3) is 0.611. The number of nitrogens with one attached hydrogen (secondary N) is 1. The van der Waals surface area contributed by atoms with Crippen molar-refractivity contribution in [2.24, 2.45) is 5.92 Å². The number of aliphatic hydroxyl groups is 1. The molecule has 1 aromatic rings. The maximum atomic E-state index is 11.7. The van der Waals surface area contributed by atoms with Crippen molar-refractivity contribution in [1.82, 2.24) is 10.6 Å². The molecule has 1 heterocycles. The molecule has 0 bridgehead atoms. The van der Waals surface area contributed by atoms with Crippen LogP contribution in [-0.4, -0.2) is 36.9 Å². The number of carbonyl (C=O) groups excluding carboxylic acids is 1. The smallest absolute Gasteiger partial charge is 0.341 e. The van der Waals surface area contributed by atoms with Crippen LogP contribution in [0.1, 0.15) is 39.5 Å². The van der Waals surface area contributed by atoms with E-state index < -0.39 is 0 Å². The Bertz CT molecular complexity index is 482. The molecule has 5 nitrogen and oxygen atoms in total. The molecule has 1 aliphatic rings. The number of carbonyl (C=O) groups is 1. The molecule has 127 valence electrons. The van der Waals surface area contributed by atoms with Gasteiger partial charge in [-0.3, -0.25) is 0 Å². The van der Waals surface area contributed by atoms with Gasteiger partial charge in [-0.25, -0.2) is 4.79 Å². The van der Waals surface area contributed by atoms with Crippen LogP contribution < -0.4 is 15.5 Å². The summed E-state index contributed by atoms with van der Waals surface area (Å²) < 4.78 is 0. The van der Waals surface area contributed by atoms with E-state index in [2.05, 4.69) is 22.5 Å². The van der Waals surface area contributed by atoms with Crippen LogP contribution >= 0.6 is 0 Å². The predicted octanol–water partition coefficient (Wildman–Crippen LogP) is 3.03. The Morgan fingerprint density at radius 2 is 2.00 bits per heavy atom. The van der Waals surface area contributed by atoms with E-state index in [1.54, 1.807) is 0 Å². The second-order valence-electron chi connectivity index (χ2n) is 6.38. The van der Waals surface area contributed by atoms with E-state index in [1.807, 2.05) is 31.2 Å². The van der Waals surface area contributed by atoms with Gasteiger partial charge in [0.1, 0.15) is 0 Å². The number of aliphatic hydroxyl groups excluding tert-OH is 1. The molecule has 2 amide bonds. The number of rotatable bonds is 6. The average molecular weight is 318 g/mol. The molecule has 5 heteroatoms. The van der Waals surface area contributed by atoms with Crippen molar-refractivity contribution in [3.05, 3.63) is 24.3 Å². The lowest BCUT2D eigenvalue weighted by molar-refractivity contribution is 0.160. The Morgan fingerprint density at radius 3 is 2.61 bits per heavy atom. The first-order chi connectivity index (χ1) is 11.1. The lowest BCUT2D eigenvalue weighted by atomic mass is 9.99. The van der Waals surface area contributed by atoms with Gasteiger partial charge in [0.15, 0.2) is 0 Å². The minimum absolute atomic E-state index is 0.354. The highest BCUT2D eigenvalue weighted by Crippen LogP contribution is 2.24. The summed E-state index contributed by atoms with van der Waals surface area (Å²) in [5.74, 6) is 0.815. The zero-order chi connectivity index (χ0) is 16.7. The summed E-state index contributed by atoms with van der Waals surface area (Å²) in [6, 6.07) is 7.47. The molecule has 0 aromatic heterocycles. The maximum absolute atomic E-state index is 11.7. The van der Waals surface area contributed by atoms with E-state index in [9.17, 15) is 9.90 Å². The van der Waals surface area contributed by atoms with E-state index in [-0.39, 0.29) is 12.1 Å². The number of piperidine rings is 1. The molecular formula is C18H28N3O2. The van der Waals surface area contributed by atoms with Gasteiger partial charge < -0.3 is 15.3 Å². The van der Waals surface area contributed by atoms with Crippen LogP contribution in [0.2, 0.25) is 0 Å². The van der Waals surface area contributed by atoms with Gasteiger partial charge in [0, 0.05) is 25.3 Å². The van der Waals surface area contributed by atoms with Crippen molar-refractivity contribution in [1.29, 1.82) is 0 Å². The zero-order valence-corrected chi connectivity index (χ0v) is 14.2. The van der Waals surface area contributed by atoms with Gasteiger partial charge in [-0.1, -0.05) is 13.8 Å². The van der Waals surface area contributed by atoms with Crippen LogP contribution in [0.4, 0.5) is 16.2 Å². The normalized spacial score (nSPS) is 16.9.